The number of likely N-dealkylation sites (tertiary alicyclic amines) is 1. The fourth-order valence-corrected chi connectivity index (χ4v) is 4.04. The molecule has 0 bridgehead atoms. The van der Waals surface area contributed by atoms with Gasteiger partial charge in [0.05, 0.1) is 11.6 Å². The fourth-order valence-electron chi connectivity index (χ4n) is 4.04. The molecule has 1 unspecified atom stereocenters. The summed E-state index contributed by atoms with van der Waals surface area (Å²) in [6.45, 7) is 2.53. The maximum Gasteiger partial charge on any atom is 0.307 e. The molecule has 1 aromatic rings. The molecule has 3 rings (SSSR count). The van der Waals surface area contributed by atoms with Crippen molar-refractivity contribution in [3.05, 3.63) is 17.5 Å². The van der Waals surface area contributed by atoms with Gasteiger partial charge in [-0.1, -0.05) is 19.3 Å². The molecule has 2 aliphatic rings. The normalized spacial score (nSPS) is 24.5. The van der Waals surface area contributed by atoms with Gasteiger partial charge in [-0.15, -0.1) is 0 Å². The van der Waals surface area contributed by atoms with E-state index in [-0.39, 0.29) is 5.92 Å². The molecule has 22 heavy (non-hydrogen) atoms. The molecule has 1 saturated heterocycles. The van der Waals surface area contributed by atoms with Crippen LogP contribution in [0.3, 0.4) is 0 Å². The van der Waals surface area contributed by atoms with E-state index in [1.54, 1.807) is 0 Å². The zero-order valence-electron chi connectivity index (χ0n) is 13.5. The van der Waals surface area contributed by atoms with Crippen LogP contribution in [0.4, 0.5) is 0 Å². The molecule has 122 valence electrons. The van der Waals surface area contributed by atoms with E-state index in [2.05, 4.69) is 11.1 Å². The molecule has 1 saturated carbocycles. The molecule has 1 aliphatic carbocycles. The molecule has 1 aromatic heterocycles. The molecule has 0 radical (unpaired) electrons. The van der Waals surface area contributed by atoms with Crippen molar-refractivity contribution in [2.45, 2.75) is 57.4 Å². The third-order valence-corrected chi connectivity index (χ3v) is 5.18. The highest BCUT2D eigenvalue weighted by Crippen LogP contribution is 2.34. The highest BCUT2D eigenvalue weighted by Gasteiger charge is 2.27. The predicted molar refractivity (Wildman–Crippen MR) is 84.7 cm³/mol. The van der Waals surface area contributed by atoms with Gasteiger partial charge in [0.2, 0.25) is 0 Å². The Kier molecular flexibility index (Phi) is 4.81. The predicted octanol–water partition coefficient (Wildman–Crippen LogP) is 2.76. The summed E-state index contributed by atoms with van der Waals surface area (Å²) in [5, 5.41) is 14.0. The van der Waals surface area contributed by atoms with E-state index in [4.69, 9.17) is 5.10 Å². The topological polar surface area (TPSA) is 58.4 Å². The zero-order valence-corrected chi connectivity index (χ0v) is 13.5. The third-order valence-electron chi connectivity index (χ3n) is 5.18. The first-order valence-corrected chi connectivity index (χ1v) is 8.61. The maximum absolute atomic E-state index is 11.2. The van der Waals surface area contributed by atoms with Crippen LogP contribution >= 0.6 is 0 Å². The second kappa shape index (κ2) is 6.82. The monoisotopic (exact) mass is 305 g/mol. The Morgan fingerprint density at radius 1 is 1.27 bits per heavy atom. The van der Waals surface area contributed by atoms with Crippen LogP contribution in [0.25, 0.3) is 0 Å². The molecular weight excluding hydrogens is 278 g/mol. The summed E-state index contributed by atoms with van der Waals surface area (Å²) >= 11 is 0. The first kappa shape index (κ1) is 15.5. The van der Waals surface area contributed by atoms with E-state index < -0.39 is 5.97 Å². The summed E-state index contributed by atoms with van der Waals surface area (Å²) in [4.78, 5) is 13.5. The molecule has 1 N–H and O–H groups in total. The van der Waals surface area contributed by atoms with Gasteiger partial charge in [0.15, 0.2) is 0 Å². The molecule has 1 atom stereocenters. The number of carbonyl (C=O) groups is 1. The lowest BCUT2D eigenvalue weighted by molar-refractivity contribution is -0.143. The number of hydrogen-bond donors (Lipinski definition) is 1. The lowest BCUT2D eigenvalue weighted by Gasteiger charge is -2.31. The van der Waals surface area contributed by atoms with E-state index in [0.29, 0.717) is 12.5 Å². The van der Waals surface area contributed by atoms with Gasteiger partial charge in [0, 0.05) is 37.8 Å². The average Bonchev–Trinajstić information content (AvgIpc) is 2.89. The average molecular weight is 305 g/mol. The van der Waals surface area contributed by atoms with Crippen LogP contribution in [0.1, 0.15) is 62.1 Å². The van der Waals surface area contributed by atoms with Gasteiger partial charge in [0.25, 0.3) is 0 Å². The molecule has 2 fully saturated rings. The highest BCUT2D eigenvalue weighted by molar-refractivity contribution is 5.70. The molecule has 0 aromatic carbocycles. The number of carboxylic acid groups (broad SMARTS) is 1. The Labute approximate surface area is 132 Å². The summed E-state index contributed by atoms with van der Waals surface area (Å²) in [5.41, 5.74) is 2.57. The summed E-state index contributed by atoms with van der Waals surface area (Å²) in [6.07, 6.45) is 10.4. The molecule has 5 heteroatoms. The number of aryl methyl sites for hydroxylation is 1. The summed E-state index contributed by atoms with van der Waals surface area (Å²) < 4.78 is 1.93. The van der Waals surface area contributed by atoms with Crippen molar-refractivity contribution in [3.63, 3.8) is 0 Å². The van der Waals surface area contributed by atoms with E-state index in [1.807, 2.05) is 11.7 Å². The third kappa shape index (κ3) is 3.51. The van der Waals surface area contributed by atoms with Crippen LogP contribution in [-0.4, -0.2) is 38.8 Å². The minimum absolute atomic E-state index is 0.205. The number of nitrogens with zero attached hydrogens (tertiary/aromatic N) is 3. The van der Waals surface area contributed by atoms with Gasteiger partial charge in [-0.2, -0.15) is 5.10 Å². The van der Waals surface area contributed by atoms with Gasteiger partial charge >= 0.3 is 5.97 Å². The van der Waals surface area contributed by atoms with Crippen LogP contribution in [0, 0.1) is 5.92 Å². The Morgan fingerprint density at radius 3 is 2.77 bits per heavy atom. The number of aromatic nitrogens is 2. The van der Waals surface area contributed by atoms with Crippen molar-refractivity contribution in [1.82, 2.24) is 14.7 Å². The van der Waals surface area contributed by atoms with E-state index >= 15 is 0 Å². The molecule has 0 spiro atoms. The van der Waals surface area contributed by atoms with Gasteiger partial charge in [-0.25, -0.2) is 0 Å². The number of rotatable bonds is 4. The standard InChI is InChI=1S/C17H27N3O2/c1-19-10-15(16(18-19)13-6-3-2-4-7-13)12-20-9-5-8-14(11-20)17(21)22/h10,13-14H,2-9,11-12H2,1H3,(H,21,22). The first-order valence-electron chi connectivity index (χ1n) is 8.61. The Hall–Kier alpha value is -1.36. The molecule has 5 nitrogen and oxygen atoms in total. The molecular formula is C17H27N3O2. The minimum Gasteiger partial charge on any atom is -0.481 e. The van der Waals surface area contributed by atoms with Crippen molar-refractivity contribution in [2.24, 2.45) is 13.0 Å². The largest absolute Gasteiger partial charge is 0.481 e. The number of piperidine rings is 1. The zero-order chi connectivity index (χ0) is 15.5. The van der Waals surface area contributed by atoms with Crippen LogP contribution in [-0.2, 0) is 18.4 Å². The lowest BCUT2D eigenvalue weighted by Crippen LogP contribution is -2.38. The second-order valence-electron chi connectivity index (χ2n) is 6.96. The van der Waals surface area contributed by atoms with Crippen molar-refractivity contribution in [1.29, 1.82) is 0 Å². The maximum atomic E-state index is 11.2. The van der Waals surface area contributed by atoms with Gasteiger partial charge < -0.3 is 5.11 Å². The van der Waals surface area contributed by atoms with E-state index in [1.165, 1.54) is 43.4 Å². The van der Waals surface area contributed by atoms with Crippen molar-refractivity contribution >= 4 is 5.97 Å². The minimum atomic E-state index is -0.650. The smallest absolute Gasteiger partial charge is 0.307 e. The quantitative estimate of drug-likeness (QED) is 0.929. The van der Waals surface area contributed by atoms with Crippen LogP contribution in [0.5, 0.6) is 0 Å². The van der Waals surface area contributed by atoms with Gasteiger partial charge in [0.1, 0.15) is 0 Å². The van der Waals surface area contributed by atoms with Crippen molar-refractivity contribution in [2.75, 3.05) is 13.1 Å². The fraction of sp³-hybridized carbons (Fsp3) is 0.765. The summed E-state index contributed by atoms with van der Waals surface area (Å²) in [6, 6.07) is 0. The van der Waals surface area contributed by atoms with Crippen LogP contribution in [0.2, 0.25) is 0 Å². The summed E-state index contributed by atoms with van der Waals surface area (Å²) in [7, 11) is 1.99. The van der Waals surface area contributed by atoms with Crippen molar-refractivity contribution in [3.8, 4) is 0 Å². The number of hydrogen-bond acceptors (Lipinski definition) is 3. The highest BCUT2D eigenvalue weighted by atomic mass is 16.4. The number of carboxylic acids is 1. The lowest BCUT2D eigenvalue weighted by atomic mass is 9.85. The Morgan fingerprint density at radius 2 is 2.05 bits per heavy atom. The molecule has 0 amide bonds. The summed E-state index contributed by atoms with van der Waals surface area (Å²) in [5.74, 6) is -0.253. The van der Waals surface area contributed by atoms with Gasteiger partial charge in [-0.3, -0.25) is 14.4 Å². The van der Waals surface area contributed by atoms with Gasteiger partial charge in [-0.05, 0) is 32.2 Å². The second-order valence-corrected chi connectivity index (χ2v) is 6.96. The Balaban J connectivity index is 1.70. The van der Waals surface area contributed by atoms with E-state index in [0.717, 1.165) is 25.9 Å². The molecule has 2 heterocycles. The molecule has 1 aliphatic heterocycles. The van der Waals surface area contributed by atoms with Crippen LogP contribution in [0.15, 0.2) is 6.20 Å². The first-order chi connectivity index (χ1) is 10.6. The Bertz CT molecular complexity index is 520. The van der Waals surface area contributed by atoms with Crippen molar-refractivity contribution < 1.29 is 9.90 Å². The van der Waals surface area contributed by atoms with E-state index in [9.17, 15) is 9.90 Å². The SMILES string of the molecule is Cn1cc(CN2CCCC(C(=O)O)C2)c(C2CCCCC2)n1. The number of aliphatic carboxylic acids is 1. The van der Waals surface area contributed by atoms with Crippen LogP contribution < -0.4 is 0 Å².